The second-order valence-corrected chi connectivity index (χ2v) is 8.95. The van der Waals surface area contributed by atoms with Crippen LogP contribution in [0.1, 0.15) is 39.1 Å². The van der Waals surface area contributed by atoms with Gasteiger partial charge in [-0.15, -0.1) is 0 Å². The Morgan fingerprint density at radius 1 is 1.03 bits per heavy atom. The Balaban J connectivity index is 1.76. The van der Waals surface area contributed by atoms with Crippen LogP contribution in [-0.2, 0) is 14.8 Å². The van der Waals surface area contributed by atoms with E-state index < -0.39 is 15.9 Å². The molecule has 2 aromatic carbocycles. The monoisotopic (exact) mass is 431 g/mol. The third kappa shape index (κ3) is 5.58. The number of rotatable bonds is 7. The third-order valence-electron chi connectivity index (χ3n) is 4.81. The van der Waals surface area contributed by atoms with E-state index in [2.05, 4.69) is 15.4 Å². The molecule has 0 aromatic heterocycles. The maximum atomic E-state index is 12.9. The van der Waals surface area contributed by atoms with Crippen LogP contribution in [0.4, 0.5) is 11.4 Å². The fourth-order valence-electron chi connectivity index (χ4n) is 3.28. The molecule has 1 aliphatic rings. The first-order chi connectivity index (χ1) is 14.2. The zero-order valence-corrected chi connectivity index (χ0v) is 17.7. The molecular weight excluding hydrogens is 406 g/mol. The van der Waals surface area contributed by atoms with Gasteiger partial charge in [-0.3, -0.25) is 14.3 Å². The lowest BCUT2D eigenvalue weighted by atomic mass is 10.1. The predicted molar refractivity (Wildman–Crippen MR) is 115 cm³/mol. The Morgan fingerprint density at radius 2 is 1.73 bits per heavy atom. The fourth-order valence-corrected chi connectivity index (χ4v) is 3.90. The topological polar surface area (TPSA) is 114 Å². The van der Waals surface area contributed by atoms with Gasteiger partial charge in [0, 0.05) is 18.7 Å². The zero-order valence-electron chi connectivity index (χ0n) is 16.9. The molecule has 1 fully saturated rings. The van der Waals surface area contributed by atoms with E-state index in [1.165, 1.54) is 0 Å². The Morgan fingerprint density at radius 3 is 2.43 bits per heavy atom. The summed E-state index contributed by atoms with van der Waals surface area (Å²) in [4.78, 5) is 25.5. The van der Waals surface area contributed by atoms with E-state index in [0.717, 1.165) is 19.1 Å². The number of hydrogen-bond donors (Lipinski definition) is 3. The maximum absolute atomic E-state index is 12.9. The molecule has 0 radical (unpaired) electrons. The van der Waals surface area contributed by atoms with Crippen molar-refractivity contribution < 1.29 is 22.7 Å². The molecule has 0 spiro atoms. The van der Waals surface area contributed by atoms with Crippen molar-refractivity contribution in [2.24, 2.45) is 0 Å². The Hall–Kier alpha value is -2.91. The van der Waals surface area contributed by atoms with Crippen LogP contribution in [0.15, 0.2) is 42.5 Å². The second-order valence-electron chi connectivity index (χ2n) is 7.20. The van der Waals surface area contributed by atoms with Gasteiger partial charge in [-0.25, -0.2) is 8.42 Å². The van der Waals surface area contributed by atoms with Gasteiger partial charge in [0.25, 0.3) is 11.8 Å². The van der Waals surface area contributed by atoms with Crippen LogP contribution in [0.2, 0.25) is 0 Å². The summed E-state index contributed by atoms with van der Waals surface area (Å²) in [5, 5.41) is 5.61. The highest BCUT2D eigenvalue weighted by Gasteiger charge is 2.19. The first-order valence-electron chi connectivity index (χ1n) is 9.62. The van der Waals surface area contributed by atoms with Crippen molar-refractivity contribution in [3.8, 4) is 0 Å². The summed E-state index contributed by atoms with van der Waals surface area (Å²) >= 11 is 0. The van der Waals surface area contributed by atoms with Gasteiger partial charge in [0.1, 0.15) is 0 Å². The molecule has 0 unspecified atom stereocenters. The third-order valence-corrected chi connectivity index (χ3v) is 5.40. The number of sulfonamides is 1. The number of hydrogen-bond acceptors (Lipinski definition) is 5. The maximum Gasteiger partial charge on any atom is 0.256 e. The van der Waals surface area contributed by atoms with Crippen molar-refractivity contribution in [3.05, 3.63) is 59.2 Å². The molecule has 3 N–H and O–H groups in total. The summed E-state index contributed by atoms with van der Waals surface area (Å²) in [7, 11) is -3.48. The van der Waals surface area contributed by atoms with Gasteiger partial charge in [0.2, 0.25) is 10.0 Å². The highest BCUT2D eigenvalue weighted by molar-refractivity contribution is 7.92. The summed E-state index contributed by atoms with van der Waals surface area (Å²) in [5.74, 6) is -0.741. The number of amides is 2. The van der Waals surface area contributed by atoms with E-state index in [1.54, 1.807) is 49.4 Å². The smallest absolute Gasteiger partial charge is 0.256 e. The molecule has 1 atom stereocenters. The number of benzene rings is 2. The first kappa shape index (κ1) is 21.8. The average molecular weight is 432 g/mol. The number of carbonyl (C=O) groups excluding carboxylic acids is 2. The first-order valence-corrected chi connectivity index (χ1v) is 11.5. The van der Waals surface area contributed by atoms with Crippen LogP contribution in [0.5, 0.6) is 0 Å². The minimum Gasteiger partial charge on any atom is -0.376 e. The van der Waals surface area contributed by atoms with E-state index in [0.29, 0.717) is 41.2 Å². The molecule has 30 heavy (non-hydrogen) atoms. The van der Waals surface area contributed by atoms with Gasteiger partial charge in [0.15, 0.2) is 0 Å². The molecule has 9 heteroatoms. The fraction of sp³-hybridized carbons (Fsp3) is 0.333. The minimum absolute atomic E-state index is 0.0171. The van der Waals surface area contributed by atoms with Crippen molar-refractivity contribution in [1.82, 2.24) is 5.32 Å². The summed E-state index contributed by atoms with van der Waals surface area (Å²) in [5.41, 5.74) is 1.83. The summed E-state index contributed by atoms with van der Waals surface area (Å²) < 4.78 is 31.0. The highest BCUT2D eigenvalue weighted by Crippen LogP contribution is 2.22. The van der Waals surface area contributed by atoms with E-state index in [9.17, 15) is 18.0 Å². The van der Waals surface area contributed by atoms with Crippen molar-refractivity contribution in [2.45, 2.75) is 25.9 Å². The molecule has 0 bridgehead atoms. The Kier molecular flexibility index (Phi) is 6.73. The number of para-hydroxylation sites is 1. The minimum atomic E-state index is -3.48. The quantitative estimate of drug-likeness (QED) is 0.623. The number of anilines is 2. The van der Waals surface area contributed by atoms with Gasteiger partial charge < -0.3 is 15.4 Å². The summed E-state index contributed by atoms with van der Waals surface area (Å²) in [6.45, 7) is 2.78. The van der Waals surface area contributed by atoms with Crippen molar-refractivity contribution in [2.75, 3.05) is 29.4 Å². The van der Waals surface area contributed by atoms with E-state index in [-0.39, 0.29) is 12.0 Å². The lowest BCUT2D eigenvalue weighted by Gasteiger charge is -2.15. The average Bonchev–Trinajstić information content (AvgIpc) is 3.21. The zero-order chi connectivity index (χ0) is 21.7. The lowest BCUT2D eigenvalue weighted by Crippen LogP contribution is -2.32. The highest BCUT2D eigenvalue weighted by atomic mass is 32.2. The van der Waals surface area contributed by atoms with E-state index in [4.69, 9.17) is 4.74 Å². The number of ether oxygens (including phenoxy) is 1. The largest absolute Gasteiger partial charge is 0.376 e. The van der Waals surface area contributed by atoms with Crippen molar-refractivity contribution >= 4 is 33.2 Å². The molecule has 2 amide bonds. The molecule has 2 aromatic rings. The standard InChI is InChI=1S/C21H25N3O5S/c1-14-16(9-5-11-18(14)24-30(2,27)28)21(26)23-19-10-4-3-8-17(19)20(25)22-13-15-7-6-12-29-15/h3-5,8-11,15,24H,6-7,12-13H2,1-2H3,(H,22,25)(H,23,26)/t15-/m1/s1. The molecule has 8 nitrogen and oxygen atoms in total. The normalized spacial score (nSPS) is 16.1. The second kappa shape index (κ2) is 9.27. The Labute approximate surface area is 176 Å². The van der Waals surface area contributed by atoms with Gasteiger partial charge in [-0.1, -0.05) is 18.2 Å². The molecule has 1 saturated heterocycles. The van der Waals surface area contributed by atoms with Gasteiger partial charge >= 0.3 is 0 Å². The number of nitrogens with one attached hydrogen (secondary N) is 3. The predicted octanol–water partition coefficient (Wildman–Crippen LogP) is 2.53. The van der Waals surface area contributed by atoms with Gasteiger partial charge in [-0.2, -0.15) is 0 Å². The van der Waals surface area contributed by atoms with Crippen LogP contribution in [0.25, 0.3) is 0 Å². The van der Waals surface area contributed by atoms with Gasteiger partial charge in [0.05, 0.1) is 29.3 Å². The molecular formula is C21H25N3O5S. The number of carbonyl (C=O) groups is 2. The van der Waals surface area contributed by atoms with E-state index in [1.807, 2.05) is 0 Å². The molecule has 0 aliphatic carbocycles. The molecule has 3 rings (SSSR count). The molecule has 160 valence electrons. The van der Waals surface area contributed by atoms with Crippen molar-refractivity contribution in [1.29, 1.82) is 0 Å². The van der Waals surface area contributed by atoms with Crippen molar-refractivity contribution in [3.63, 3.8) is 0 Å². The summed E-state index contributed by atoms with van der Waals surface area (Å²) in [6.07, 6.45) is 2.96. The van der Waals surface area contributed by atoms with Crippen LogP contribution in [0.3, 0.4) is 0 Å². The molecule has 1 aliphatic heterocycles. The van der Waals surface area contributed by atoms with Crippen LogP contribution >= 0.6 is 0 Å². The summed E-state index contributed by atoms with van der Waals surface area (Å²) in [6, 6.07) is 11.5. The van der Waals surface area contributed by atoms with Gasteiger partial charge in [-0.05, 0) is 49.6 Å². The van der Waals surface area contributed by atoms with E-state index >= 15 is 0 Å². The van der Waals surface area contributed by atoms with Crippen LogP contribution in [-0.4, -0.2) is 45.7 Å². The Bertz CT molecular complexity index is 1050. The lowest BCUT2D eigenvalue weighted by molar-refractivity contribution is 0.0858. The molecule has 0 saturated carbocycles. The SMILES string of the molecule is Cc1c(NS(C)(=O)=O)cccc1C(=O)Nc1ccccc1C(=O)NC[C@H]1CCCO1. The van der Waals surface area contributed by atoms with Crippen LogP contribution in [0, 0.1) is 6.92 Å². The van der Waals surface area contributed by atoms with Crippen LogP contribution < -0.4 is 15.4 Å². The molecule has 1 heterocycles.